The Labute approximate surface area is 164 Å². The van der Waals surface area contributed by atoms with Crippen LogP contribution >= 0.6 is 11.6 Å². The van der Waals surface area contributed by atoms with Gasteiger partial charge in [-0.15, -0.1) is 0 Å². The highest BCUT2D eigenvalue weighted by atomic mass is 35.5. The Morgan fingerprint density at radius 1 is 1.15 bits per heavy atom. The third-order valence-corrected chi connectivity index (χ3v) is 8.00. The summed E-state index contributed by atoms with van der Waals surface area (Å²) in [5.41, 5.74) is 2.26. The summed E-state index contributed by atoms with van der Waals surface area (Å²) in [6.07, 6.45) is 7.09. The maximum absolute atomic E-state index is 12.3. The first kappa shape index (κ1) is 18.8. The molecular weight excluding hydrogens is 382 g/mol. The van der Waals surface area contributed by atoms with Gasteiger partial charge in [0.05, 0.1) is 9.92 Å². The molecule has 0 spiro atoms. The summed E-state index contributed by atoms with van der Waals surface area (Å²) in [6, 6.07) is 9.13. The number of aryl methyl sites for hydroxylation is 1. The maximum Gasteiger partial charge on any atom is 0.251 e. The van der Waals surface area contributed by atoms with Crippen LogP contribution in [0.2, 0.25) is 5.02 Å². The molecule has 2 saturated carbocycles. The van der Waals surface area contributed by atoms with Crippen LogP contribution < -0.4 is 5.56 Å². The zero-order valence-corrected chi connectivity index (χ0v) is 17.2. The van der Waals surface area contributed by atoms with Crippen molar-refractivity contribution in [3.8, 4) is 0 Å². The lowest BCUT2D eigenvalue weighted by Gasteiger charge is -2.22. The van der Waals surface area contributed by atoms with Crippen molar-refractivity contribution < 1.29 is 8.42 Å². The van der Waals surface area contributed by atoms with Gasteiger partial charge in [0.15, 0.2) is 9.84 Å². The van der Waals surface area contributed by atoms with Gasteiger partial charge in [0.1, 0.15) is 0 Å². The van der Waals surface area contributed by atoms with E-state index in [1.165, 1.54) is 31.9 Å². The minimum Gasteiger partial charge on any atom is -0.325 e. The van der Waals surface area contributed by atoms with Crippen molar-refractivity contribution in [3.05, 3.63) is 62.5 Å². The van der Waals surface area contributed by atoms with Crippen LogP contribution in [-0.4, -0.2) is 19.7 Å². The Morgan fingerprint density at radius 3 is 2.44 bits per heavy atom. The molecule has 2 atom stereocenters. The number of halogens is 1. The number of hydrogen-bond acceptors (Lipinski definition) is 3. The lowest BCUT2D eigenvalue weighted by molar-refractivity contribution is 0.442. The van der Waals surface area contributed by atoms with E-state index in [-0.39, 0.29) is 20.9 Å². The second-order valence-electron chi connectivity index (χ2n) is 8.13. The van der Waals surface area contributed by atoms with Crippen LogP contribution in [0.3, 0.4) is 0 Å². The third kappa shape index (κ3) is 3.15. The van der Waals surface area contributed by atoms with E-state index < -0.39 is 9.84 Å². The first-order chi connectivity index (χ1) is 12.7. The van der Waals surface area contributed by atoms with Gasteiger partial charge in [0, 0.05) is 22.9 Å². The summed E-state index contributed by atoms with van der Waals surface area (Å²) in [6.45, 7) is 1.80. The molecule has 144 valence electrons. The van der Waals surface area contributed by atoms with Crippen molar-refractivity contribution in [1.82, 2.24) is 4.98 Å². The predicted molar refractivity (Wildman–Crippen MR) is 107 cm³/mol. The largest absolute Gasteiger partial charge is 0.325 e. The molecule has 1 aromatic carbocycles. The van der Waals surface area contributed by atoms with Crippen LogP contribution in [0.5, 0.6) is 0 Å². The van der Waals surface area contributed by atoms with Gasteiger partial charge in [-0.1, -0.05) is 49.4 Å². The summed E-state index contributed by atoms with van der Waals surface area (Å²) >= 11 is 6.35. The van der Waals surface area contributed by atoms with E-state index in [1.54, 1.807) is 19.1 Å². The molecule has 4 rings (SSSR count). The standard InChI is InChI=1S/C21H24ClNO3S/c1-13-7-10-19(23-20(13)24)21(12-16(21)14-5-3-4-6-14)15-8-9-18(17(22)11-15)27(2,25)26/h7-11,14,16H,3-6,12H2,1-2H3,(H,23,24)/t16-,21-/m1/s1. The molecule has 4 nitrogen and oxygen atoms in total. The summed E-state index contributed by atoms with van der Waals surface area (Å²) in [4.78, 5) is 15.5. The van der Waals surface area contributed by atoms with E-state index in [0.717, 1.165) is 17.7 Å². The van der Waals surface area contributed by atoms with E-state index in [4.69, 9.17) is 11.6 Å². The van der Waals surface area contributed by atoms with Gasteiger partial charge in [0.25, 0.3) is 5.56 Å². The van der Waals surface area contributed by atoms with Crippen LogP contribution in [0.25, 0.3) is 0 Å². The average molecular weight is 406 g/mol. The van der Waals surface area contributed by atoms with E-state index >= 15 is 0 Å². The number of benzene rings is 1. The molecule has 0 radical (unpaired) electrons. The Balaban J connectivity index is 1.83. The molecule has 1 heterocycles. The van der Waals surface area contributed by atoms with Crippen molar-refractivity contribution in [2.24, 2.45) is 11.8 Å². The zero-order chi connectivity index (χ0) is 19.4. The molecule has 0 saturated heterocycles. The predicted octanol–water partition coefficient (Wildman–Crippen LogP) is 4.24. The summed E-state index contributed by atoms with van der Waals surface area (Å²) in [5, 5.41) is 0.251. The fraction of sp³-hybridized carbons (Fsp3) is 0.476. The van der Waals surface area contributed by atoms with Crippen LogP contribution in [0.4, 0.5) is 0 Å². The van der Waals surface area contributed by atoms with Crippen LogP contribution in [0.15, 0.2) is 40.0 Å². The number of aromatic nitrogens is 1. The topological polar surface area (TPSA) is 67.0 Å². The lowest BCUT2D eigenvalue weighted by Crippen LogP contribution is -2.22. The SMILES string of the molecule is Cc1ccc([C@@]2(c3ccc(S(C)(=O)=O)c(Cl)c3)C[C@@H]2C2CCCC2)[nH]c1=O. The van der Waals surface area contributed by atoms with Gasteiger partial charge in [-0.2, -0.15) is 0 Å². The normalized spacial score (nSPS) is 25.7. The molecule has 2 aromatic rings. The highest BCUT2D eigenvalue weighted by Crippen LogP contribution is 2.64. The quantitative estimate of drug-likeness (QED) is 0.827. The van der Waals surface area contributed by atoms with Crippen molar-refractivity contribution in [2.75, 3.05) is 6.26 Å². The molecule has 2 aliphatic rings. The molecule has 6 heteroatoms. The van der Waals surface area contributed by atoms with E-state index in [9.17, 15) is 13.2 Å². The number of aromatic amines is 1. The number of rotatable bonds is 4. The van der Waals surface area contributed by atoms with E-state index in [2.05, 4.69) is 4.98 Å². The summed E-state index contributed by atoms with van der Waals surface area (Å²) in [7, 11) is -3.37. The Bertz CT molecular complexity index is 1050. The minimum absolute atomic E-state index is 0.0669. The monoisotopic (exact) mass is 405 g/mol. The van der Waals surface area contributed by atoms with Gasteiger partial charge < -0.3 is 4.98 Å². The molecule has 0 amide bonds. The van der Waals surface area contributed by atoms with Gasteiger partial charge in [-0.05, 0) is 48.9 Å². The van der Waals surface area contributed by atoms with Crippen LogP contribution in [-0.2, 0) is 15.3 Å². The van der Waals surface area contributed by atoms with Crippen molar-refractivity contribution in [1.29, 1.82) is 0 Å². The smallest absolute Gasteiger partial charge is 0.251 e. The van der Waals surface area contributed by atoms with Gasteiger partial charge >= 0.3 is 0 Å². The minimum atomic E-state index is -3.37. The van der Waals surface area contributed by atoms with Gasteiger partial charge in [0.2, 0.25) is 0 Å². The van der Waals surface area contributed by atoms with Gasteiger partial charge in [-0.25, -0.2) is 8.42 Å². The number of pyridine rings is 1. The van der Waals surface area contributed by atoms with Crippen molar-refractivity contribution in [3.63, 3.8) is 0 Å². The van der Waals surface area contributed by atoms with Crippen molar-refractivity contribution >= 4 is 21.4 Å². The Kier molecular flexibility index (Phi) is 4.51. The number of H-pyrrole nitrogens is 1. The van der Waals surface area contributed by atoms with Crippen molar-refractivity contribution in [2.45, 2.75) is 49.3 Å². The number of hydrogen-bond donors (Lipinski definition) is 1. The van der Waals surface area contributed by atoms with Gasteiger partial charge in [-0.3, -0.25) is 4.79 Å². The molecule has 0 aliphatic heterocycles. The number of sulfone groups is 1. The summed E-state index contributed by atoms with van der Waals surface area (Å²) < 4.78 is 23.8. The molecule has 2 fully saturated rings. The summed E-state index contributed by atoms with van der Waals surface area (Å²) in [5.74, 6) is 1.10. The second kappa shape index (κ2) is 6.49. The maximum atomic E-state index is 12.3. The molecule has 2 aliphatic carbocycles. The fourth-order valence-electron chi connectivity index (χ4n) is 4.90. The first-order valence-corrected chi connectivity index (χ1v) is 11.7. The Hall–Kier alpha value is -1.59. The Morgan fingerprint density at radius 2 is 1.85 bits per heavy atom. The second-order valence-corrected chi connectivity index (χ2v) is 10.5. The highest BCUT2D eigenvalue weighted by Gasteiger charge is 2.60. The fourth-order valence-corrected chi connectivity index (χ4v) is 6.23. The first-order valence-electron chi connectivity index (χ1n) is 9.44. The highest BCUT2D eigenvalue weighted by molar-refractivity contribution is 7.90. The van der Waals surface area contributed by atoms with Crippen LogP contribution in [0, 0.1) is 18.8 Å². The molecule has 0 bridgehead atoms. The molecule has 27 heavy (non-hydrogen) atoms. The third-order valence-electron chi connectivity index (χ3n) is 6.42. The lowest BCUT2D eigenvalue weighted by atomic mass is 9.84. The van der Waals surface area contributed by atoms with Crippen LogP contribution in [0.1, 0.15) is 48.9 Å². The molecule has 0 unspecified atom stereocenters. The average Bonchev–Trinajstić information content (AvgIpc) is 3.12. The van der Waals surface area contributed by atoms with E-state index in [1.807, 2.05) is 18.2 Å². The molecule has 1 N–H and O–H groups in total. The molecule has 1 aromatic heterocycles. The van der Waals surface area contributed by atoms with E-state index in [0.29, 0.717) is 17.4 Å². The molecular formula is C21H24ClNO3S. The number of nitrogens with one attached hydrogen (secondary N) is 1. The zero-order valence-electron chi connectivity index (χ0n) is 15.6.